The van der Waals surface area contributed by atoms with Crippen LogP contribution in [0.1, 0.15) is 16.1 Å². The molecule has 92 valence electrons. The van der Waals surface area contributed by atoms with Gasteiger partial charge in [-0.1, -0.05) is 0 Å². The lowest BCUT2D eigenvalue weighted by molar-refractivity contribution is -0.385. The molecular weight excluding hydrogens is 238 g/mol. The molecule has 0 saturated carbocycles. The number of benzene rings is 1. The van der Waals surface area contributed by atoms with E-state index in [0.717, 1.165) is 5.69 Å². The van der Waals surface area contributed by atoms with Crippen LogP contribution in [0, 0.1) is 17.0 Å². The van der Waals surface area contributed by atoms with E-state index < -0.39 is 16.6 Å². The summed E-state index contributed by atoms with van der Waals surface area (Å²) >= 11 is 0. The van der Waals surface area contributed by atoms with Gasteiger partial charge in [0.25, 0.3) is 5.69 Å². The van der Waals surface area contributed by atoms with Crippen molar-refractivity contribution < 1.29 is 14.8 Å². The first-order chi connectivity index (χ1) is 8.49. The Morgan fingerprint density at radius 2 is 2.22 bits per heavy atom. The minimum absolute atomic E-state index is 0.344. The molecule has 1 N–H and O–H groups in total. The molecule has 1 aromatic carbocycles. The quantitative estimate of drug-likeness (QED) is 0.658. The van der Waals surface area contributed by atoms with Gasteiger partial charge in [-0.2, -0.15) is 0 Å². The second-order valence-electron chi connectivity index (χ2n) is 3.69. The Morgan fingerprint density at radius 3 is 2.72 bits per heavy atom. The van der Waals surface area contributed by atoms with E-state index in [-0.39, 0.29) is 5.56 Å². The maximum atomic E-state index is 11.0. The third kappa shape index (κ3) is 2.05. The number of nitro groups is 1. The molecule has 7 heteroatoms. The molecule has 0 radical (unpaired) electrons. The van der Waals surface area contributed by atoms with Crippen LogP contribution >= 0.6 is 0 Å². The van der Waals surface area contributed by atoms with Gasteiger partial charge in [0.05, 0.1) is 16.9 Å². The van der Waals surface area contributed by atoms with Crippen LogP contribution < -0.4 is 0 Å². The molecule has 0 saturated heterocycles. The number of carboxylic acid groups (broad SMARTS) is 1. The highest BCUT2D eigenvalue weighted by atomic mass is 16.6. The first-order valence-corrected chi connectivity index (χ1v) is 5.02. The summed E-state index contributed by atoms with van der Waals surface area (Å²) in [5, 5.41) is 19.7. The molecule has 0 fully saturated rings. The van der Waals surface area contributed by atoms with Crippen molar-refractivity contribution >= 4 is 11.7 Å². The van der Waals surface area contributed by atoms with Crippen LogP contribution in [0.5, 0.6) is 0 Å². The Balaban J connectivity index is 2.56. The smallest absolute Gasteiger partial charge is 0.342 e. The SMILES string of the molecule is Cc1cn(-c2ccc([N+](=O)[O-])c(C(=O)O)c2)cn1. The Hall–Kier alpha value is -2.70. The number of hydrogen-bond donors (Lipinski definition) is 1. The summed E-state index contributed by atoms with van der Waals surface area (Å²) in [5.74, 6) is -1.33. The number of aromatic nitrogens is 2. The predicted octanol–water partition coefficient (Wildman–Crippen LogP) is 1.79. The molecule has 7 nitrogen and oxygen atoms in total. The molecule has 18 heavy (non-hydrogen) atoms. The molecule has 0 amide bonds. The number of aryl methyl sites for hydroxylation is 1. The van der Waals surface area contributed by atoms with E-state index in [1.807, 2.05) is 0 Å². The zero-order chi connectivity index (χ0) is 13.3. The first kappa shape index (κ1) is 11.8. The molecule has 0 bridgehead atoms. The predicted molar refractivity (Wildman–Crippen MR) is 61.9 cm³/mol. The van der Waals surface area contributed by atoms with Crippen molar-refractivity contribution in [3.05, 3.63) is 52.1 Å². The largest absolute Gasteiger partial charge is 0.477 e. The molecule has 1 aromatic heterocycles. The molecule has 0 unspecified atom stereocenters. The number of hydrogen-bond acceptors (Lipinski definition) is 4. The van der Waals surface area contributed by atoms with Gasteiger partial charge >= 0.3 is 5.97 Å². The second kappa shape index (κ2) is 4.28. The van der Waals surface area contributed by atoms with Crippen molar-refractivity contribution in [1.82, 2.24) is 9.55 Å². The van der Waals surface area contributed by atoms with E-state index in [9.17, 15) is 14.9 Å². The summed E-state index contributed by atoms with van der Waals surface area (Å²) in [6.07, 6.45) is 3.22. The fourth-order valence-electron chi connectivity index (χ4n) is 1.58. The van der Waals surface area contributed by atoms with Crippen molar-refractivity contribution in [1.29, 1.82) is 0 Å². The van der Waals surface area contributed by atoms with Crippen molar-refractivity contribution in [2.45, 2.75) is 6.92 Å². The van der Waals surface area contributed by atoms with Gasteiger partial charge in [0, 0.05) is 18.0 Å². The van der Waals surface area contributed by atoms with Gasteiger partial charge in [0.15, 0.2) is 0 Å². The molecular formula is C11H9N3O4. The van der Waals surface area contributed by atoms with Gasteiger partial charge in [-0.15, -0.1) is 0 Å². The maximum Gasteiger partial charge on any atom is 0.342 e. The Morgan fingerprint density at radius 1 is 1.50 bits per heavy atom. The lowest BCUT2D eigenvalue weighted by Gasteiger charge is -2.04. The van der Waals surface area contributed by atoms with Gasteiger partial charge in [-0.25, -0.2) is 9.78 Å². The number of rotatable bonds is 3. The molecule has 0 aliphatic heterocycles. The second-order valence-corrected chi connectivity index (χ2v) is 3.69. The highest BCUT2D eigenvalue weighted by molar-refractivity contribution is 5.93. The van der Waals surface area contributed by atoms with Crippen LogP contribution in [0.2, 0.25) is 0 Å². The van der Waals surface area contributed by atoms with Crippen LogP contribution in [0.4, 0.5) is 5.69 Å². The fourth-order valence-corrected chi connectivity index (χ4v) is 1.58. The highest BCUT2D eigenvalue weighted by Gasteiger charge is 2.20. The highest BCUT2D eigenvalue weighted by Crippen LogP contribution is 2.22. The van der Waals surface area contributed by atoms with E-state index in [2.05, 4.69) is 4.98 Å². The minimum Gasteiger partial charge on any atom is -0.477 e. The molecule has 0 aliphatic rings. The third-order valence-electron chi connectivity index (χ3n) is 2.42. The number of carboxylic acids is 1. The Labute approximate surface area is 101 Å². The van der Waals surface area contributed by atoms with E-state index in [1.54, 1.807) is 17.7 Å². The van der Waals surface area contributed by atoms with Gasteiger partial charge in [-0.3, -0.25) is 10.1 Å². The lowest BCUT2D eigenvalue weighted by atomic mass is 10.1. The average Bonchev–Trinajstić information content (AvgIpc) is 2.75. The number of aromatic carboxylic acids is 1. The van der Waals surface area contributed by atoms with Crippen molar-refractivity contribution in [3.63, 3.8) is 0 Å². The van der Waals surface area contributed by atoms with Gasteiger partial charge in [-0.05, 0) is 19.1 Å². The number of nitro benzene ring substituents is 1. The standard InChI is InChI=1S/C11H9N3O4/c1-7-5-13(6-12-7)8-2-3-10(14(17)18)9(4-8)11(15)16/h2-6H,1H3,(H,15,16). The average molecular weight is 247 g/mol. The molecule has 2 rings (SSSR count). The van der Waals surface area contributed by atoms with E-state index in [0.29, 0.717) is 5.69 Å². The van der Waals surface area contributed by atoms with E-state index in [4.69, 9.17) is 5.11 Å². The van der Waals surface area contributed by atoms with Crippen LogP contribution in [-0.4, -0.2) is 25.6 Å². The molecule has 1 heterocycles. The van der Waals surface area contributed by atoms with E-state index >= 15 is 0 Å². The molecule has 2 aromatic rings. The number of carbonyl (C=O) groups is 1. The molecule has 0 atom stereocenters. The zero-order valence-electron chi connectivity index (χ0n) is 9.40. The number of imidazole rings is 1. The maximum absolute atomic E-state index is 11.0. The van der Waals surface area contributed by atoms with E-state index in [1.165, 1.54) is 24.5 Å². The minimum atomic E-state index is -1.33. The van der Waals surface area contributed by atoms with Gasteiger partial charge < -0.3 is 9.67 Å². The summed E-state index contributed by atoms with van der Waals surface area (Å²) in [6.45, 7) is 1.79. The van der Waals surface area contributed by atoms with Crippen LogP contribution in [0.15, 0.2) is 30.7 Å². The summed E-state index contributed by atoms with van der Waals surface area (Å²) in [7, 11) is 0. The summed E-state index contributed by atoms with van der Waals surface area (Å²) in [6, 6.07) is 3.90. The topological polar surface area (TPSA) is 98.3 Å². The zero-order valence-corrected chi connectivity index (χ0v) is 9.40. The van der Waals surface area contributed by atoms with Crippen molar-refractivity contribution in [2.75, 3.05) is 0 Å². The van der Waals surface area contributed by atoms with Crippen molar-refractivity contribution in [2.24, 2.45) is 0 Å². The monoisotopic (exact) mass is 247 g/mol. The van der Waals surface area contributed by atoms with Gasteiger partial charge in [0.1, 0.15) is 5.56 Å². The number of nitrogens with zero attached hydrogens (tertiary/aromatic N) is 3. The summed E-state index contributed by atoms with van der Waals surface area (Å²) in [5.41, 5.74) is 0.510. The Kier molecular flexibility index (Phi) is 2.80. The van der Waals surface area contributed by atoms with Crippen LogP contribution in [0.25, 0.3) is 5.69 Å². The van der Waals surface area contributed by atoms with Crippen LogP contribution in [0.3, 0.4) is 0 Å². The van der Waals surface area contributed by atoms with Gasteiger partial charge in [0.2, 0.25) is 0 Å². The first-order valence-electron chi connectivity index (χ1n) is 5.02. The summed E-state index contributed by atoms with van der Waals surface area (Å²) < 4.78 is 1.60. The third-order valence-corrected chi connectivity index (χ3v) is 2.42. The Bertz CT molecular complexity index is 633. The lowest BCUT2D eigenvalue weighted by Crippen LogP contribution is -2.04. The normalized spacial score (nSPS) is 10.3. The summed E-state index contributed by atoms with van der Waals surface area (Å²) in [4.78, 5) is 25.0. The fraction of sp³-hybridized carbons (Fsp3) is 0.0909. The van der Waals surface area contributed by atoms with Crippen molar-refractivity contribution in [3.8, 4) is 5.69 Å². The molecule has 0 aliphatic carbocycles. The molecule has 0 spiro atoms. The van der Waals surface area contributed by atoms with Crippen LogP contribution in [-0.2, 0) is 0 Å².